The summed E-state index contributed by atoms with van der Waals surface area (Å²) in [7, 11) is -3.28. The number of carbonyl (C=O) groups excluding carboxylic acids is 1. The second kappa shape index (κ2) is 4.30. The standard InChI is InChI=1S/C5H12N2O3S/c1-2-3-11(9,10)7-4-5(6)8/h7H,2-4H2,1H3,(H2,6,8). The summed E-state index contributed by atoms with van der Waals surface area (Å²) < 4.78 is 23.7. The smallest absolute Gasteiger partial charge is 0.232 e. The van der Waals surface area contributed by atoms with Crippen LogP contribution >= 0.6 is 0 Å². The summed E-state index contributed by atoms with van der Waals surface area (Å²) in [5, 5.41) is 0. The molecular formula is C5H12N2O3S. The maximum Gasteiger partial charge on any atom is 0.232 e. The van der Waals surface area contributed by atoms with Crippen LogP contribution in [0.25, 0.3) is 0 Å². The van der Waals surface area contributed by atoms with Crippen LogP contribution in [0.1, 0.15) is 13.3 Å². The molecule has 5 nitrogen and oxygen atoms in total. The molecule has 0 rings (SSSR count). The van der Waals surface area contributed by atoms with Crippen molar-refractivity contribution in [3.8, 4) is 0 Å². The Morgan fingerprint density at radius 1 is 1.55 bits per heavy atom. The van der Waals surface area contributed by atoms with Crippen molar-refractivity contribution in [1.82, 2.24) is 4.72 Å². The normalized spacial score (nSPS) is 11.4. The number of hydrogen-bond donors (Lipinski definition) is 2. The zero-order valence-electron chi connectivity index (χ0n) is 6.33. The van der Waals surface area contributed by atoms with Gasteiger partial charge in [-0.1, -0.05) is 6.92 Å². The number of nitrogens with one attached hydrogen (secondary N) is 1. The van der Waals surface area contributed by atoms with Crippen LogP contribution in [0.2, 0.25) is 0 Å². The third-order valence-corrected chi connectivity index (χ3v) is 2.47. The molecule has 0 aliphatic heterocycles. The lowest BCUT2D eigenvalue weighted by atomic mass is 10.6. The minimum Gasteiger partial charge on any atom is -0.369 e. The van der Waals surface area contributed by atoms with E-state index < -0.39 is 15.9 Å². The second-order valence-corrected chi connectivity index (χ2v) is 4.03. The average molecular weight is 180 g/mol. The molecule has 0 atom stereocenters. The highest BCUT2D eigenvalue weighted by molar-refractivity contribution is 7.89. The van der Waals surface area contributed by atoms with Gasteiger partial charge in [0.05, 0.1) is 12.3 Å². The summed E-state index contributed by atoms with van der Waals surface area (Å²) in [5.74, 6) is -0.648. The van der Waals surface area contributed by atoms with Gasteiger partial charge in [-0.3, -0.25) is 4.79 Å². The minimum absolute atomic E-state index is 0.0281. The Hall–Kier alpha value is -0.620. The lowest BCUT2D eigenvalue weighted by Gasteiger charge is -2.01. The van der Waals surface area contributed by atoms with Gasteiger partial charge < -0.3 is 5.73 Å². The summed E-state index contributed by atoms with van der Waals surface area (Å²) in [6.45, 7) is 1.42. The summed E-state index contributed by atoms with van der Waals surface area (Å²) in [6.07, 6.45) is 0.522. The molecule has 6 heteroatoms. The van der Waals surface area contributed by atoms with Crippen LogP contribution < -0.4 is 10.5 Å². The lowest BCUT2D eigenvalue weighted by molar-refractivity contribution is -0.116. The lowest BCUT2D eigenvalue weighted by Crippen LogP contribution is -2.34. The van der Waals surface area contributed by atoms with E-state index in [1.165, 1.54) is 0 Å². The molecule has 0 bridgehead atoms. The van der Waals surface area contributed by atoms with Gasteiger partial charge in [0.2, 0.25) is 15.9 Å². The van der Waals surface area contributed by atoms with E-state index in [0.29, 0.717) is 6.42 Å². The maximum atomic E-state index is 10.8. The fraction of sp³-hybridized carbons (Fsp3) is 0.800. The number of primary amides is 1. The largest absolute Gasteiger partial charge is 0.369 e. The Morgan fingerprint density at radius 3 is 2.45 bits per heavy atom. The number of nitrogens with two attached hydrogens (primary N) is 1. The van der Waals surface area contributed by atoms with Gasteiger partial charge in [-0.05, 0) is 6.42 Å². The highest BCUT2D eigenvalue weighted by Crippen LogP contribution is 1.86. The SMILES string of the molecule is CCCS(=O)(=O)NCC(N)=O. The number of carbonyl (C=O) groups is 1. The molecule has 3 N–H and O–H groups in total. The van der Waals surface area contributed by atoms with Gasteiger partial charge in [-0.25, -0.2) is 13.1 Å². The van der Waals surface area contributed by atoms with Gasteiger partial charge in [0.15, 0.2) is 0 Å². The zero-order chi connectivity index (χ0) is 8.91. The van der Waals surface area contributed by atoms with Crippen LogP contribution in [-0.4, -0.2) is 26.6 Å². The fourth-order valence-corrected chi connectivity index (χ4v) is 1.57. The summed E-state index contributed by atoms with van der Waals surface area (Å²) in [5.41, 5.74) is 4.73. The third kappa shape index (κ3) is 5.81. The topological polar surface area (TPSA) is 89.3 Å². The minimum atomic E-state index is -3.28. The van der Waals surface area contributed by atoms with E-state index in [9.17, 15) is 13.2 Å². The predicted molar refractivity (Wildman–Crippen MR) is 41.3 cm³/mol. The van der Waals surface area contributed by atoms with Crippen LogP contribution in [0.3, 0.4) is 0 Å². The van der Waals surface area contributed by atoms with E-state index in [1.807, 2.05) is 0 Å². The van der Waals surface area contributed by atoms with Gasteiger partial charge in [0.1, 0.15) is 0 Å². The van der Waals surface area contributed by atoms with Crippen molar-refractivity contribution in [2.45, 2.75) is 13.3 Å². The first kappa shape index (κ1) is 10.4. The van der Waals surface area contributed by atoms with Crippen molar-refractivity contribution in [1.29, 1.82) is 0 Å². The van der Waals surface area contributed by atoms with Crippen LogP contribution in [-0.2, 0) is 14.8 Å². The molecule has 0 aromatic rings. The highest BCUT2D eigenvalue weighted by atomic mass is 32.2. The molecule has 0 saturated heterocycles. The molecule has 66 valence electrons. The fourth-order valence-electron chi connectivity index (χ4n) is 0.522. The first-order valence-electron chi connectivity index (χ1n) is 3.23. The first-order valence-corrected chi connectivity index (χ1v) is 4.89. The van der Waals surface area contributed by atoms with Crippen molar-refractivity contribution in [3.63, 3.8) is 0 Å². The van der Waals surface area contributed by atoms with Crippen LogP contribution in [0, 0.1) is 0 Å². The second-order valence-electron chi connectivity index (χ2n) is 2.11. The first-order chi connectivity index (χ1) is 4.98. The highest BCUT2D eigenvalue weighted by Gasteiger charge is 2.08. The average Bonchev–Trinajstić information content (AvgIpc) is 1.84. The van der Waals surface area contributed by atoms with Gasteiger partial charge in [-0.2, -0.15) is 0 Å². The van der Waals surface area contributed by atoms with E-state index in [2.05, 4.69) is 4.72 Å². The Morgan fingerprint density at radius 2 is 2.09 bits per heavy atom. The third-order valence-electron chi connectivity index (χ3n) is 0.939. The summed E-state index contributed by atoms with van der Waals surface area (Å²) >= 11 is 0. The molecule has 0 aliphatic carbocycles. The Bertz CT molecular complexity index is 222. The van der Waals surface area contributed by atoms with Gasteiger partial charge in [0.25, 0.3) is 0 Å². The Balaban J connectivity index is 3.84. The number of hydrogen-bond acceptors (Lipinski definition) is 3. The van der Waals surface area contributed by atoms with Crippen molar-refractivity contribution in [3.05, 3.63) is 0 Å². The van der Waals surface area contributed by atoms with Crippen LogP contribution in [0.15, 0.2) is 0 Å². The molecule has 0 heterocycles. The number of rotatable bonds is 5. The molecule has 1 amide bonds. The molecule has 0 radical (unpaired) electrons. The molecule has 0 aromatic carbocycles. The van der Waals surface area contributed by atoms with Gasteiger partial charge >= 0.3 is 0 Å². The van der Waals surface area contributed by atoms with Crippen molar-refractivity contribution >= 4 is 15.9 Å². The molecule has 0 spiro atoms. The van der Waals surface area contributed by atoms with Gasteiger partial charge in [0, 0.05) is 0 Å². The van der Waals surface area contributed by atoms with Gasteiger partial charge in [-0.15, -0.1) is 0 Å². The molecule has 0 aliphatic rings. The zero-order valence-corrected chi connectivity index (χ0v) is 7.15. The van der Waals surface area contributed by atoms with Crippen molar-refractivity contribution < 1.29 is 13.2 Å². The van der Waals surface area contributed by atoms with Crippen molar-refractivity contribution in [2.75, 3.05) is 12.3 Å². The van der Waals surface area contributed by atoms with E-state index in [-0.39, 0.29) is 12.3 Å². The summed E-state index contributed by atoms with van der Waals surface area (Å²) in [6, 6.07) is 0. The predicted octanol–water partition coefficient (Wildman–Crippen LogP) is -1.20. The molecule has 11 heavy (non-hydrogen) atoms. The van der Waals surface area contributed by atoms with Crippen molar-refractivity contribution in [2.24, 2.45) is 5.73 Å². The Labute approximate surface area is 66.0 Å². The van der Waals surface area contributed by atoms with E-state index in [1.54, 1.807) is 6.92 Å². The molecule has 0 unspecified atom stereocenters. The van der Waals surface area contributed by atoms with Crippen LogP contribution in [0.4, 0.5) is 0 Å². The van der Waals surface area contributed by atoms with E-state index >= 15 is 0 Å². The molecule has 0 aromatic heterocycles. The van der Waals surface area contributed by atoms with Crippen LogP contribution in [0.5, 0.6) is 0 Å². The number of amides is 1. The molecule has 0 saturated carbocycles. The molecular weight excluding hydrogens is 168 g/mol. The maximum absolute atomic E-state index is 10.8. The monoisotopic (exact) mass is 180 g/mol. The Kier molecular flexibility index (Phi) is 4.06. The van der Waals surface area contributed by atoms with E-state index in [4.69, 9.17) is 5.73 Å². The molecule has 0 fully saturated rings. The number of sulfonamides is 1. The quantitative estimate of drug-likeness (QED) is 0.557. The summed E-state index contributed by atoms with van der Waals surface area (Å²) in [4.78, 5) is 10.1. The van der Waals surface area contributed by atoms with E-state index in [0.717, 1.165) is 0 Å².